The second-order valence-corrected chi connectivity index (χ2v) is 8.97. The fourth-order valence-corrected chi connectivity index (χ4v) is 3.76. The Kier molecular flexibility index (Phi) is 11.6. The number of ether oxygens (including phenoxy) is 1. The molecule has 0 heterocycles. The van der Waals surface area contributed by atoms with Gasteiger partial charge in [0.2, 0.25) is 11.8 Å². The molecule has 0 saturated carbocycles. The van der Waals surface area contributed by atoms with E-state index in [1.807, 2.05) is 44.2 Å². The van der Waals surface area contributed by atoms with Gasteiger partial charge in [-0.05, 0) is 54.9 Å². The Morgan fingerprint density at radius 2 is 1.50 bits per heavy atom. The topological polar surface area (TPSA) is 134 Å². The third-order valence-corrected chi connectivity index (χ3v) is 5.74. The van der Waals surface area contributed by atoms with E-state index in [0.717, 1.165) is 11.1 Å². The van der Waals surface area contributed by atoms with Crippen molar-refractivity contribution in [3.63, 3.8) is 0 Å². The molecule has 9 heteroatoms. The minimum absolute atomic E-state index is 0.0280. The van der Waals surface area contributed by atoms with Crippen molar-refractivity contribution in [3.8, 4) is 0 Å². The highest BCUT2D eigenvalue weighted by Gasteiger charge is 2.30. The zero-order valence-electron chi connectivity index (χ0n) is 21.0. The summed E-state index contributed by atoms with van der Waals surface area (Å²) in [7, 11) is 1.32. The molecule has 2 aromatic carbocycles. The van der Waals surface area contributed by atoms with Gasteiger partial charge >= 0.3 is 5.97 Å². The zero-order chi connectivity index (χ0) is 26.5. The van der Waals surface area contributed by atoms with Gasteiger partial charge < -0.3 is 15.4 Å². The fraction of sp³-hybridized carbons (Fsp3) is 0.407. The van der Waals surface area contributed by atoms with E-state index in [9.17, 15) is 19.2 Å². The number of nitrogens with one attached hydrogen (secondary N) is 3. The Morgan fingerprint density at radius 1 is 0.861 bits per heavy atom. The Morgan fingerprint density at radius 3 is 2.08 bits per heavy atom. The van der Waals surface area contributed by atoms with Crippen molar-refractivity contribution in [2.45, 2.75) is 45.6 Å². The standard InChI is InChI=1S/C27H35N3O6/c1-18(2)17-22(25(32)30-35)24(31)29-23(14-11-19-7-5-4-6-8-19)26(33)28-16-15-20-9-12-21(13-10-20)27(34)36-3/h4-10,12-13,18,22-23,35H,11,14-17H2,1-3H3,(H,28,33)(H,29,31)(H,30,32)/t22-,23-/m0/s1. The lowest BCUT2D eigenvalue weighted by atomic mass is 9.95. The minimum Gasteiger partial charge on any atom is -0.465 e. The zero-order valence-corrected chi connectivity index (χ0v) is 21.0. The van der Waals surface area contributed by atoms with Gasteiger partial charge in [-0.1, -0.05) is 56.3 Å². The molecule has 0 aliphatic rings. The second-order valence-electron chi connectivity index (χ2n) is 8.97. The predicted molar refractivity (Wildman–Crippen MR) is 134 cm³/mol. The molecular weight excluding hydrogens is 462 g/mol. The van der Waals surface area contributed by atoms with Crippen LogP contribution in [0.2, 0.25) is 0 Å². The number of hydroxylamine groups is 1. The van der Waals surface area contributed by atoms with E-state index in [2.05, 4.69) is 10.6 Å². The molecule has 194 valence electrons. The van der Waals surface area contributed by atoms with Crippen LogP contribution in [0.25, 0.3) is 0 Å². The minimum atomic E-state index is -1.12. The lowest BCUT2D eigenvalue weighted by Crippen LogP contribution is -2.51. The van der Waals surface area contributed by atoms with Gasteiger partial charge in [0.05, 0.1) is 12.7 Å². The maximum absolute atomic E-state index is 13.0. The lowest BCUT2D eigenvalue weighted by Gasteiger charge is -2.22. The van der Waals surface area contributed by atoms with Crippen LogP contribution in [0.3, 0.4) is 0 Å². The normalized spacial score (nSPS) is 12.4. The molecule has 36 heavy (non-hydrogen) atoms. The van der Waals surface area contributed by atoms with Crippen LogP contribution in [0.5, 0.6) is 0 Å². The van der Waals surface area contributed by atoms with E-state index in [4.69, 9.17) is 9.94 Å². The Balaban J connectivity index is 2.04. The highest BCUT2D eigenvalue weighted by atomic mass is 16.5. The van der Waals surface area contributed by atoms with Crippen LogP contribution in [-0.2, 0) is 32.0 Å². The molecule has 0 aromatic heterocycles. The molecule has 0 spiro atoms. The molecular formula is C27H35N3O6. The number of hydrogen-bond donors (Lipinski definition) is 4. The Labute approximate surface area is 211 Å². The smallest absolute Gasteiger partial charge is 0.337 e. The Hall–Kier alpha value is -3.72. The van der Waals surface area contributed by atoms with Gasteiger partial charge in [0, 0.05) is 6.54 Å². The van der Waals surface area contributed by atoms with Crippen molar-refractivity contribution >= 4 is 23.7 Å². The van der Waals surface area contributed by atoms with Gasteiger partial charge in [0.1, 0.15) is 12.0 Å². The van der Waals surface area contributed by atoms with Crippen molar-refractivity contribution in [2.75, 3.05) is 13.7 Å². The SMILES string of the molecule is COC(=O)c1ccc(CCNC(=O)[C@H](CCc2ccccc2)NC(=O)[C@H](CC(C)C)C(=O)NO)cc1. The van der Waals surface area contributed by atoms with Crippen molar-refractivity contribution in [1.29, 1.82) is 0 Å². The lowest BCUT2D eigenvalue weighted by molar-refractivity contribution is -0.143. The van der Waals surface area contributed by atoms with E-state index in [-0.39, 0.29) is 18.2 Å². The number of aryl methyl sites for hydroxylation is 1. The summed E-state index contributed by atoms with van der Waals surface area (Å²) in [4.78, 5) is 49.6. The van der Waals surface area contributed by atoms with Crippen LogP contribution in [0.1, 0.15) is 48.2 Å². The van der Waals surface area contributed by atoms with Crippen molar-refractivity contribution in [1.82, 2.24) is 16.1 Å². The molecule has 2 atom stereocenters. The number of carbonyl (C=O) groups excluding carboxylic acids is 4. The summed E-state index contributed by atoms with van der Waals surface area (Å²) in [5.74, 6) is -3.29. The van der Waals surface area contributed by atoms with E-state index in [1.165, 1.54) is 7.11 Å². The van der Waals surface area contributed by atoms with Gasteiger partial charge in [-0.15, -0.1) is 0 Å². The maximum atomic E-state index is 13.0. The average molecular weight is 498 g/mol. The molecule has 0 aliphatic carbocycles. The molecule has 0 saturated heterocycles. The van der Waals surface area contributed by atoms with Gasteiger partial charge in [0.25, 0.3) is 5.91 Å². The molecule has 0 bridgehead atoms. The van der Waals surface area contributed by atoms with Crippen LogP contribution in [0, 0.1) is 11.8 Å². The van der Waals surface area contributed by atoms with Crippen LogP contribution >= 0.6 is 0 Å². The summed E-state index contributed by atoms with van der Waals surface area (Å²) in [6.07, 6.45) is 1.64. The third kappa shape index (κ3) is 9.14. The van der Waals surface area contributed by atoms with E-state index in [0.29, 0.717) is 31.4 Å². The number of benzene rings is 2. The summed E-state index contributed by atoms with van der Waals surface area (Å²) < 4.78 is 4.69. The average Bonchev–Trinajstić information content (AvgIpc) is 2.89. The molecule has 2 rings (SSSR count). The van der Waals surface area contributed by atoms with E-state index >= 15 is 0 Å². The molecule has 0 unspecified atom stereocenters. The summed E-state index contributed by atoms with van der Waals surface area (Å²) in [5.41, 5.74) is 3.93. The van der Waals surface area contributed by atoms with E-state index in [1.54, 1.807) is 29.7 Å². The van der Waals surface area contributed by atoms with Crippen LogP contribution in [-0.4, -0.2) is 48.6 Å². The number of amides is 3. The van der Waals surface area contributed by atoms with Crippen molar-refractivity contribution in [3.05, 3.63) is 71.3 Å². The third-order valence-electron chi connectivity index (χ3n) is 5.74. The highest BCUT2D eigenvalue weighted by Crippen LogP contribution is 2.14. The maximum Gasteiger partial charge on any atom is 0.337 e. The summed E-state index contributed by atoms with van der Waals surface area (Å²) >= 11 is 0. The largest absolute Gasteiger partial charge is 0.465 e. The van der Waals surface area contributed by atoms with Crippen LogP contribution in [0.4, 0.5) is 0 Å². The molecule has 0 radical (unpaired) electrons. The van der Waals surface area contributed by atoms with Gasteiger partial charge in [-0.3, -0.25) is 19.6 Å². The van der Waals surface area contributed by atoms with Crippen molar-refractivity contribution in [2.24, 2.45) is 11.8 Å². The predicted octanol–water partition coefficient (Wildman–Crippen LogP) is 2.42. The molecule has 9 nitrogen and oxygen atoms in total. The van der Waals surface area contributed by atoms with Crippen LogP contribution in [0.15, 0.2) is 54.6 Å². The first-order valence-corrected chi connectivity index (χ1v) is 12.0. The van der Waals surface area contributed by atoms with Gasteiger partial charge in [-0.25, -0.2) is 10.3 Å². The first-order valence-electron chi connectivity index (χ1n) is 12.0. The number of carbonyl (C=O) groups is 4. The van der Waals surface area contributed by atoms with Crippen LogP contribution < -0.4 is 16.1 Å². The number of hydrogen-bond acceptors (Lipinski definition) is 6. The van der Waals surface area contributed by atoms with Gasteiger partial charge in [-0.2, -0.15) is 0 Å². The van der Waals surface area contributed by atoms with Gasteiger partial charge in [0.15, 0.2) is 0 Å². The summed E-state index contributed by atoms with van der Waals surface area (Å²) in [6, 6.07) is 15.6. The fourth-order valence-electron chi connectivity index (χ4n) is 3.76. The highest BCUT2D eigenvalue weighted by molar-refractivity contribution is 6.01. The molecule has 0 aliphatic heterocycles. The monoisotopic (exact) mass is 497 g/mol. The molecule has 3 amide bonds. The number of rotatable bonds is 13. The number of esters is 1. The number of methoxy groups -OCH3 is 1. The summed E-state index contributed by atoms with van der Waals surface area (Å²) in [6.45, 7) is 4.05. The first kappa shape index (κ1) is 28.5. The first-order chi connectivity index (χ1) is 17.2. The second kappa shape index (κ2) is 14.6. The molecule has 2 aromatic rings. The Bertz CT molecular complexity index is 1010. The summed E-state index contributed by atoms with van der Waals surface area (Å²) in [5, 5.41) is 14.6. The molecule has 0 fully saturated rings. The molecule has 4 N–H and O–H groups in total. The quantitative estimate of drug-likeness (QED) is 0.145. The van der Waals surface area contributed by atoms with E-state index < -0.39 is 29.7 Å². The van der Waals surface area contributed by atoms with Crippen molar-refractivity contribution < 1.29 is 29.1 Å².